The van der Waals surface area contributed by atoms with Crippen LogP contribution in [0.25, 0.3) is 0 Å². The molecule has 0 rings (SSSR count). The third kappa shape index (κ3) is 8.12. The lowest BCUT2D eigenvalue weighted by atomic mass is 10.1. The van der Waals surface area contributed by atoms with Gasteiger partial charge in [0.05, 0.1) is 0 Å². The Morgan fingerprint density at radius 3 is 2.33 bits per heavy atom. The predicted molar refractivity (Wildman–Crippen MR) is 67.9 cm³/mol. The molecule has 0 saturated carbocycles. The first-order valence-corrected chi connectivity index (χ1v) is 5.31. The number of hydrogen-bond donors (Lipinski definition) is 4. The molecule has 0 saturated heterocycles. The van der Waals surface area contributed by atoms with Crippen molar-refractivity contribution in [2.75, 3.05) is 6.54 Å². The first-order chi connectivity index (χ1) is 8.32. The highest BCUT2D eigenvalue weighted by atomic mass is 16.4. The second kappa shape index (κ2) is 8.08. The fourth-order valence-electron chi connectivity index (χ4n) is 1.12. The number of aliphatic carboxylic acids is 2. The van der Waals surface area contributed by atoms with Crippen LogP contribution in [0.2, 0.25) is 0 Å². The minimum Gasteiger partial charge on any atom is -0.481 e. The van der Waals surface area contributed by atoms with Gasteiger partial charge in [-0.3, -0.25) is 9.59 Å². The van der Waals surface area contributed by atoms with Crippen molar-refractivity contribution in [2.45, 2.75) is 18.9 Å². The minimum atomic E-state index is -1.09. The van der Waals surface area contributed by atoms with Gasteiger partial charge in [-0.2, -0.15) is 0 Å². The van der Waals surface area contributed by atoms with Crippen LogP contribution >= 0.6 is 0 Å². The molecule has 0 aromatic carbocycles. The van der Waals surface area contributed by atoms with E-state index < -0.39 is 18.0 Å². The van der Waals surface area contributed by atoms with E-state index in [-0.39, 0.29) is 19.4 Å². The Kier molecular flexibility index (Phi) is 7.14. The Labute approximate surface area is 105 Å². The molecule has 0 aliphatic rings. The average molecular weight is 254 g/mol. The van der Waals surface area contributed by atoms with Crippen molar-refractivity contribution in [2.24, 2.45) is 5.73 Å². The summed E-state index contributed by atoms with van der Waals surface area (Å²) in [6.45, 7) is 7.40. The number of carboxylic acid groups (broad SMARTS) is 2. The zero-order valence-electron chi connectivity index (χ0n) is 10.1. The van der Waals surface area contributed by atoms with E-state index in [9.17, 15) is 9.59 Å². The number of rotatable bonds is 9. The molecule has 0 spiro atoms. The molecule has 1 unspecified atom stereocenters. The fraction of sp³-hybridized carbons (Fsp3) is 0.333. The maximum absolute atomic E-state index is 10.9. The van der Waals surface area contributed by atoms with Crippen LogP contribution in [0.1, 0.15) is 12.8 Å². The first-order valence-electron chi connectivity index (χ1n) is 5.31. The molecule has 0 aliphatic carbocycles. The molecule has 1 atom stereocenters. The van der Waals surface area contributed by atoms with Crippen molar-refractivity contribution >= 4 is 11.9 Å². The van der Waals surface area contributed by atoms with Gasteiger partial charge in [0.25, 0.3) is 0 Å². The average Bonchev–Trinajstić information content (AvgIpc) is 2.25. The highest BCUT2D eigenvalue weighted by Gasteiger charge is 2.17. The number of carbonyl (C=O) groups is 2. The van der Waals surface area contributed by atoms with Gasteiger partial charge >= 0.3 is 11.9 Å². The summed E-state index contributed by atoms with van der Waals surface area (Å²) in [6.07, 6.45) is 2.99. The van der Waals surface area contributed by atoms with Crippen molar-refractivity contribution < 1.29 is 19.8 Å². The summed E-state index contributed by atoms with van der Waals surface area (Å²) in [5, 5.41) is 20.1. The quantitative estimate of drug-likeness (QED) is 0.445. The van der Waals surface area contributed by atoms with Gasteiger partial charge in [-0.25, -0.2) is 0 Å². The fourth-order valence-corrected chi connectivity index (χ4v) is 1.12. The third-order valence-electron chi connectivity index (χ3n) is 2.05. The second-order valence-corrected chi connectivity index (χ2v) is 3.77. The van der Waals surface area contributed by atoms with Gasteiger partial charge in [0.15, 0.2) is 0 Å². The van der Waals surface area contributed by atoms with E-state index in [0.29, 0.717) is 11.3 Å². The van der Waals surface area contributed by atoms with E-state index in [4.69, 9.17) is 15.9 Å². The molecule has 0 aromatic heterocycles. The van der Waals surface area contributed by atoms with Crippen molar-refractivity contribution in [1.82, 2.24) is 5.32 Å². The molecule has 0 radical (unpaired) electrons. The molecule has 0 heterocycles. The molecule has 18 heavy (non-hydrogen) atoms. The summed E-state index contributed by atoms with van der Waals surface area (Å²) in [5.41, 5.74) is 6.32. The highest BCUT2D eigenvalue weighted by Crippen LogP contribution is 2.00. The second-order valence-electron chi connectivity index (χ2n) is 3.77. The van der Waals surface area contributed by atoms with Gasteiger partial charge in [-0.15, -0.1) is 0 Å². The van der Waals surface area contributed by atoms with Gasteiger partial charge in [0.2, 0.25) is 0 Å². The van der Waals surface area contributed by atoms with E-state index in [1.807, 2.05) is 0 Å². The third-order valence-corrected chi connectivity index (χ3v) is 2.05. The Balaban J connectivity index is 4.19. The number of hydrogen-bond acceptors (Lipinski definition) is 4. The smallest absolute Gasteiger partial charge is 0.320 e. The van der Waals surface area contributed by atoms with Crippen LogP contribution in [0.4, 0.5) is 0 Å². The van der Waals surface area contributed by atoms with Crippen LogP contribution < -0.4 is 11.1 Å². The first kappa shape index (κ1) is 15.9. The monoisotopic (exact) mass is 254 g/mol. The van der Waals surface area contributed by atoms with Crippen LogP contribution in [0.15, 0.2) is 36.6 Å². The van der Waals surface area contributed by atoms with Gasteiger partial charge in [0.1, 0.15) is 6.04 Å². The number of nitrogens with one attached hydrogen (secondary N) is 1. The van der Waals surface area contributed by atoms with Crippen molar-refractivity contribution in [1.29, 1.82) is 0 Å². The normalized spacial score (nSPS) is 12.2. The lowest BCUT2D eigenvalue weighted by molar-refractivity contribution is -0.140. The molecule has 0 amide bonds. The molecule has 6 heteroatoms. The molecule has 0 fully saturated rings. The molecular formula is C12H18N2O4. The molecule has 100 valence electrons. The van der Waals surface area contributed by atoms with Crippen LogP contribution in [0, 0.1) is 0 Å². The molecule has 0 aliphatic heterocycles. The van der Waals surface area contributed by atoms with Crippen molar-refractivity contribution in [3.8, 4) is 0 Å². The maximum Gasteiger partial charge on any atom is 0.320 e. The van der Waals surface area contributed by atoms with Crippen LogP contribution in [-0.4, -0.2) is 34.7 Å². The summed E-state index contributed by atoms with van der Waals surface area (Å²) in [7, 11) is 0. The Morgan fingerprint density at radius 2 is 1.89 bits per heavy atom. The molecular weight excluding hydrogens is 236 g/mol. The van der Waals surface area contributed by atoms with Crippen LogP contribution in [0.3, 0.4) is 0 Å². The molecule has 0 aromatic rings. The van der Waals surface area contributed by atoms with Crippen LogP contribution in [-0.2, 0) is 9.59 Å². The topological polar surface area (TPSA) is 113 Å². The number of carboxylic acids is 2. The summed E-state index contributed by atoms with van der Waals surface area (Å²) in [4.78, 5) is 21.2. The van der Waals surface area contributed by atoms with E-state index in [0.717, 1.165) is 0 Å². The predicted octanol–water partition coefficient (Wildman–Crippen LogP) is 0.479. The summed E-state index contributed by atoms with van der Waals surface area (Å²) in [5.74, 6) is -2.11. The van der Waals surface area contributed by atoms with Gasteiger partial charge in [-0.05, 0) is 18.1 Å². The zero-order valence-corrected chi connectivity index (χ0v) is 10.1. The van der Waals surface area contributed by atoms with E-state index in [2.05, 4.69) is 18.5 Å². The van der Waals surface area contributed by atoms with Gasteiger partial charge < -0.3 is 21.3 Å². The molecule has 0 bridgehead atoms. The SMILES string of the molecule is C=C(N)/C=C\C(=C)CNC(CCC(=O)O)C(=O)O. The van der Waals surface area contributed by atoms with Crippen molar-refractivity contribution in [3.05, 3.63) is 36.6 Å². The summed E-state index contributed by atoms with van der Waals surface area (Å²) < 4.78 is 0. The molecule has 5 N–H and O–H groups in total. The lowest BCUT2D eigenvalue weighted by Crippen LogP contribution is -2.38. The lowest BCUT2D eigenvalue weighted by Gasteiger charge is -2.13. The maximum atomic E-state index is 10.9. The van der Waals surface area contributed by atoms with E-state index in [1.54, 1.807) is 12.2 Å². The van der Waals surface area contributed by atoms with Gasteiger partial charge in [0, 0.05) is 18.7 Å². The highest BCUT2D eigenvalue weighted by molar-refractivity contribution is 5.75. The largest absolute Gasteiger partial charge is 0.481 e. The van der Waals surface area contributed by atoms with E-state index >= 15 is 0 Å². The Hall–Kier alpha value is -2.08. The minimum absolute atomic E-state index is 0.0191. The Bertz CT molecular complexity index is 374. The van der Waals surface area contributed by atoms with E-state index in [1.165, 1.54) is 0 Å². The Morgan fingerprint density at radius 1 is 1.28 bits per heavy atom. The van der Waals surface area contributed by atoms with Crippen molar-refractivity contribution in [3.63, 3.8) is 0 Å². The standard InChI is InChI=1S/C12H18N2O4/c1-8(3-4-9(2)13)7-14-10(12(17)18)5-6-11(15)16/h3-4,10,14H,1-2,5-7,13H2,(H,15,16)(H,17,18)/b4-3-. The number of allylic oxidation sites excluding steroid dienone is 1. The summed E-state index contributed by atoms with van der Waals surface area (Å²) >= 11 is 0. The zero-order chi connectivity index (χ0) is 14.1. The molecule has 6 nitrogen and oxygen atoms in total. The van der Waals surface area contributed by atoms with Crippen LogP contribution in [0.5, 0.6) is 0 Å². The number of nitrogens with two attached hydrogens (primary N) is 1. The summed E-state index contributed by atoms with van der Waals surface area (Å²) in [6, 6.07) is -0.910. The van der Waals surface area contributed by atoms with Gasteiger partial charge in [-0.1, -0.05) is 19.2 Å².